The van der Waals surface area contributed by atoms with Crippen molar-refractivity contribution in [2.75, 3.05) is 0 Å². The lowest BCUT2D eigenvalue weighted by Crippen LogP contribution is -2.23. The molecule has 0 aliphatic rings. The molecule has 0 unspecified atom stereocenters. The molecule has 2 rings (SSSR count). The number of carbonyl (C=O) groups excluding carboxylic acids is 1. The highest BCUT2D eigenvalue weighted by atomic mass is 16.1. The lowest BCUT2D eigenvalue weighted by Gasteiger charge is -2.00. The largest absolute Gasteiger partial charge is 0.361 e. The third-order valence-electron chi connectivity index (χ3n) is 2.27. The van der Waals surface area contributed by atoms with Crippen molar-refractivity contribution >= 4 is 17.2 Å². The number of nitrogens with two attached hydrogens (primary N) is 1. The fourth-order valence-corrected chi connectivity index (χ4v) is 1.58. The molecule has 0 aliphatic heterocycles. The summed E-state index contributed by atoms with van der Waals surface area (Å²) in [4.78, 5) is 13.4. The van der Waals surface area contributed by atoms with Gasteiger partial charge in [-0.05, 0) is 18.1 Å². The van der Waals surface area contributed by atoms with Crippen LogP contribution in [0.4, 0.5) is 0 Å². The van der Waals surface area contributed by atoms with Crippen LogP contribution in [0.2, 0.25) is 0 Å². The van der Waals surface area contributed by atoms with E-state index < -0.39 is 6.04 Å². The zero-order valence-electron chi connectivity index (χ0n) is 7.66. The van der Waals surface area contributed by atoms with Gasteiger partial charge < -0.3 is 10.7 Å². The van der Waals surface area contributed by atoms with Gasteiger partial charge in [0.1, 0.15) is 0 Å². The lowest BCUT2D eigenvalue weighted by molar-refractivity contribution is 0.541. The summed E-state index contributed by atoms with van der Waals surface area (Å²) in [5.74, 6) is 0. The van der Waals surface area contributed by atoms with E-state index in [0.717, 1.165) is 16.5 Å². The summed E-state index contributed by atoms with van der Waals surface area (Å²) in [5, 5.41) is 1.12. The van der Waals surface area contributed by atoms with E-state index in [1.807, 2.05) is 30.5 Å². The van der Waals surface area contributed by atoms with Crippen LogP contribution < -0.4 is 5.73 Å². The summed E-state index contributed by atoms with van der Waals surface area (Å²) in [6.07, 6.45) is 4.21. The average Bonchev–Trinajstić information content (AvgIpc) is 2.62. The Morgan fingerprint density at radius 2 is 2.21 bits per heavy atom. The van der Waals surface area contributed by atoms with Gasteiger partial charge in [-0.3, -0.25) is 4.79 Å². The van der Waals surface area contributed by atoms with E-state index in [0.29, 0.717) is 6.42 Å². The number of aromatic amines is 1. The topological polar surface area (TPSA) is 58.9 Å². The molecule has 1 heterocycles. The average molecular weight is 187 g/mol. The van der Waals surface area contributed by atoms with Gasteiger partial charge in [0.05, 0.1) is 6.04 Å². The molecular weight excluding hydrogens is 176 g/mol. The normalized spacial score (nSPS) is 12.9. The number of hydrogen-bond acceptors (Lipinski definition) is 2. The molecule has 0 saturated carbocycles. The summed E-state index contributed by atoms with van der Waals surface area (Å²) < 4.78 is 0. The van der Waals surface area contributed by atoms with Crippen LogP contribution in [-0.2, 0) is 11.2 Å². The molecule has 1 radical (unpaired) electrons. The zero-order chi connectivity index (χ0) is 9.97. The highest BCUT2D eigenvalue weighted by molar-refractivity contribution is 5.83. The minimum absolute atomic E-state index is 0.533. The molecular formula is C11H11N2O. The smallest absolute Gasteiger partial charge is 0.217 e. The van der Waals surface area contributed by atoms with Crippen molar-refractivity contribution in [1.82, 2.24) is 4.98 Å². The first kappa shape index (κ1) is 8.97. The second kappa shape index (κ2) is 3.64. The number of H-pyrrole nitrogens is 1. The van der Waals surface area contributed by atoms with E-state index in [-0.39, 0.29) is 0 Å². The summed E-state index contributed by atoms with van der Waals surface area (Å²) in [7, 11) is 0. The second-order valence-corrected chi connectivity index (χ2v) is 3.29. The number of aromatic nitrogens is 1. The number of fused-ring (bicyclic) bond motifs is 1. The number of nitrogens with one attached hydrogen (secondary N) is 1. The molecule has 3 nitrogen and oxygen atoms in total. The maximum absolute atomic E-state index is 10.3. The predicted octanol–water partition coefficient (Wildman–Crippen LogP) is 1.15. The Kier molecular flexibility index (Phi) is 2.33. The fraction of sp³-hybridized carbons (Fsp3) is 0.182. The van der Waals surface area contributed by atoms with Gasteiger partial charge in [-0.2, -0.15) is 0 Å². The van der Waals surface area contributed by atoms with Crippen LogP contribution in [0.3, 0.4) is 0 Å². The van der Waals surface area contributed by atoms with Crippen molar-refractivity contribution in [3.63, 3.8) is 0 Å². The molecule has 1 aromatic carbocycles. The quantitative estimate of drug-likeness (QED) is 0.757. The first-order chi connectivity index (χ1) is 6.81. The van der Waals surface area contributed by atoms with Gasteiger partial charge >= 0.3 is 0 Å². The third-order valence-corrected chi connectivity index (χ3v) is 2.27. The summed E-state index contributed by atoms with van der Waals surface area (Å²) in [6.45, 7) is 0. The van der Waals surface area contributed by atoms with Crippen molar-refractivity contribution in [2.24, 2.45) is 5.73 Å². The van der Waals surface area contributed by atoms with Crippen LogP contribution in [0.5, 0.6) is 0 Å². The molecule has 0 fully saturated rings. The molecule has 0 saturated heterocycles. The molecule has 14 heavy (non-hydrogen) atoms. The summed E-state index contributed by atoms with van der Waals surface area (Å²) in [6, 6.07) is 7.41. The van der Waals surface area contributed by atoms with Gasteiger partial charge in [0.2, 0.25) is 6.29 Å². The van der Waals surface area contributed by atoms with Gasteiger partial charge in [0.25, 0.3) is 0 Å². The van der Waals surface area contributed by atoms with E-state index >= 15 is 0 Å². The summed E-state index contributed by atoms with van der Waals surface area (Å²) >= 11 is 0. The van der Waals surface area contributed by atoms with Crippen molar-refractivity contribution in [1.29, 1.82) is 0 Å². The predicted molar refractivity (Wildman–Crippen MR) is 55.7 cm³/mol. The summed E-state index contributed by atoms with van der Waals surface area (Å²) in [5.41, 5.74) is 7.65. The van der Waals surface area contributed by atoms with Crippen LogP contribution in [0.15, 0.2) is 30.5 Å². The van der Waals surface area contributed by atoms with Crippen LogP contribution in [0, 0.1) is 0 Å². The molecule has 0 amide bonds. The fourth-order valence-electron chi connectivity index (χ4n) is 1.58. The van der Waals surface area contributed by atoms with Crippen molar-refractivity contribution in [3.05, 3.63) is 36.0 Å². The first-order valence-electron chi connectivity index (χ1n) is 4.49. The van der Waals surface area contributed by atoms with E-state index in [2.05, 4.69) is 4.98 Å². The third kappa shape index (κ3) is 1.54. The maximum Gasteiger partial charge on any atom is 0.217 e. The Morgan fingerprint density at radius 1 is 1.43 bits per heavy atom. The van der Waals surface area contributed by atoms with Crippen LogP contribution in [-0.4, -0.2) is 17.3 Å². The number of rotatable bonds is 3. The van der Waals surface area contributed by atoms with E-state index in [9.17, 15) is 4.79 Å². The van der Waals surface area contributed by atoms with Crippen molar-refractivity contribution in [3.8, 4) is 0 Å². The lowest BCUT2D eigenvalue weighted by atomic mass is 10.1. The maximum atomic E-state index is 10.3. The van der Waals surface area contributed by atoms with Crippen LogP contribution in [0.1, 0.15) is 5.56 Å². The molecule has 0 spiro atoms. The molecule has 71 valence electrons. The molecule has 3 N–H and O–H groups in total. The molecule has 1 aromatic heterocycles. The number of para-hydroxylation sites is 1. The monoisotopic (exact) mass is 187 g/mol. The molecule has 1 atom stereocenters. The van der Waals surface area contributed by atoms with Gasteiger partial charge in [0, 0.05) is 17.1 Å². The minimum Gasteiger partial charge on any atom is -0.361 e. The Hall–Kier alpha value is -1.61. The molecule has 2 aromatic rings. The van der Waals surface area contributed by atoms with Gasteiger partial charge in [-0.15, -0.1) is 0 Å². The Bertz CT molecular complexity index is 447. The number of hydrogen-bond donors (Lipinski definition) is 2. The zero-order valence-corrected chi connectivity index (χ0v) is 7.66. The Labute approximate surface area is 81.9 Å². The van der Waals surface area contributed by atoms with Crippen LogP contribution in [0.25, 0.3) is 10.9 Å². The number of benzene rings is 1. The second-order valence-electron chi connectivity index (χ2n) is 3.29. The molecule has 0 aliphatic carbocycles. The molecule has 0 bridgehead atoms. The van der Waals surface area contributed by atoms with E-state index in [4.69, 9.17) is 5.73 Å². The standard InChI is InChI=1S/C11H11N2O/c12-9(7-14)5-8-6-13-11-4-2-1-3-10(8)11/h1-4,6,9,13H,5,12H2/t9-/m1/s1. The van der Waals surface area contributed by atoms with Gasteiger partial charge in [-0.25, -0.2) is 0 Å². The first-order valence-corrected chi connectivity index (χ1v) is 4.49. The SMILES string of the molecule is N[C@@H]([C]=O)Cc1c[nH]c2ccccc12. The van der Waals surface area contributed by atoms with Crippen molar-refractivity contribution < 1.29 is 4.79 Å². The van der Waals surface area contributed by atoms with E-state index in [1.54, 1.807) is 6.29 Å². The van der Waals surface area contributed by atoms with Crippen molar-refractivity contribution in [2.45, 2.75) is 12.5 Å². The van der Waals surface area contributed by atoms with Crippen LogP contribution >= 0.6 is 0 Å². The Balaban J connectivity index is 2.38. The van der Waals surface area contributed by atoms with Gasteiger partial charge in [-0.1, -0.05) is 18.2 Å². The minimum atomic E-state index is -0.533. The highest BCUT2D eigenvalue weighted by Gasteiger charge is 2.07. The van der Waals surface area contributed by atoms with E-state index in [1.165, 1.54) is 0 Å². The highest BCUT2D eigenvalue weighted by Crippen LogP contribution is 2.18. The van der Waals surface area contributed by atoms with Gasteiger partial charge in [0.15, 0.2) is 0 Å². The Morgan fingerprint density at radius 3 is 3.00 bits per heavy atom. The molecule has 3 heteroatoms.